The highest BCUT2D eigenvalue weighted by Gasteiger charge is 2.27. The lowest BCUT2D eigenvalue weighted by Crippen LogP contribution is -2.29. The van der Waals surface area contributed by atoms with Gasteiger partial charge in [-0.25, -0.2) is 4.57 Å². The standard InChI is InChI=1S/C50H95O10P/c1-3-5-7-9-11-13-15-17-19-21-23-25-27-29-31-33-35-37-39-41-49(53)57-45-48(46-59-61(55,56)58-44-47(52)43-51)60-50(54)42-40-38-36-34-32-30-28-26-24-22-20-18-16-14-12-10-8-6-4-2/h12,14,18,20,47-48,51-52H,3-11,13,15-17,19,21-46H2,1-2H3,(H,55,56)/b14-12+,20-18+/t47-,48+/m0/s1. The fourth-order valence-corrected chi connectivity index (χ4v) is 7.99. The summed E-state index contributed by atoms with van der Waals surface area (Å²) in [6.07, 6.45) is 48.5. The Morgan fingerprint density at radius 1 is 0.492 bits per heavy atom. The molecule has 0 aromatic rings. The number of phosphoric acid groups is 1. The summed E-state index contributed by atoms with van der Waals surface area (Å²) < 4.78 is 32.9. The average molecular weight is 887 g/mol. The normalized spacial score (nSPS) is 13.9. The molecule has 0 aliphatic rings. The van der Waals surface area contributed by atoms with Gasteiger partial charge in [0, 0.05) is 12.8 Å². The van der Waals surface area contributed by atoms with E-state index in [2.05, 4.69) is 38.2 Å². The molecule has 0 saturated carbocycles. The van der Waals surface area contributed by atoms with Gasteiger partial charge in [0.2, 0.25) is 0 Å². The molecule has 61 heavy (non-hydrogen) atoms. The first-order chi connectivity index (χ1) is 29.7. The molecule has 10 nitrogen and oxygen atoms in total. The van der Waals surface area contributed by atoms with Crippen LogP contribution in [-0.4, -0.2) is 65.7 Å². The number of rotatable bonds is 48. The summed E-state index contributed by atoms with van der Waals surface area (Å²) in [4.78, 5) is 35.2. The van der Waals surface area contributed by atoms with E-state index in [0.717, 1.165) is 51.4 Å². The lowest BCUT2D eigenvalue weighted by Gasteiger charge is -2.20. The van der Waals surface area contributed by atoms with Crippen molar-refractivity contribution >= 4 is 19.8 Å². The second-order valence-corrected chi connectivity index (χ2v) is 18.7. The molecule has 1 unspecified atom stereocenters. The van der Waals surface area contributed by atoms with Crippen LogP contribution in [0.4, 0.5) is 0 Å². The molecule has 3 N–H and O–H groups in total. The molecule has 3 atom stereocenters. The lowest BCUT2D eigenvalue weighted by molar-refractivity contribution is -0.161. The Kier molecular flexibility index (Phi) is 45.3. The van der Waals surface area contributed by atoms with Crippen LogP contribution in [-0.2, 0) is 32.7 Å². The van der Waals surface area contributed by atoms with Gasteiger partial charge in [0.15, 0.2) is 6.10 Å². The molecule has 0 spiro atoms. The number of hydrogen-bond donors (Lipinski definition) is 3. The minimum Gasteiger partial charge on any atom is -0.462 e. The molecular formula is C50H95O10P. The van der Waals surface area contributed by atoms with Gasteiger partial charge in [-0.3, -0.25) is 18.6 Å². The van der Waals surface area contributed by atoms with Crippen LogP contribution in [0.5, 0.6) is 0 Å². The maximum absolute atomic E-state index is 12.7. The van der Waals surface area contributed by atoms with Gasteiger partial charge in [0.05, 0.1) is 19.8 Å². The van der Waals surface area contributed by atoms with Gasteiger partial charge < -0.3 is 24.6 Å². The van der Waals surface area contributed by atoms with Crippen molar-refractivity contribution in [2.45, 2.75) is 257 Å². The van der Waals surface area contributed by atoms with Crippen LogP contribution in [0.2, 0.25) is 0 Å². The predicted octanol–water partition coefficient (Wildman–Crippen LogP) is 14.1. The van der Waals surface area contributed by atoms with Gasteiger partial charge in [-0.1, -0.05) is 212 Å². The second-order valence-electron chi connectivity index (χ2n) is 17.2. The number of phosphoric ester groups is 1. The van der Waals surface area contributed by atoms with E-state index < -0.39 is 51.8 Å². The van der Waals surface area contributed by atoms with E-state index in [1.54, 1.807) is 0 Å². The lowest BCUT2D eigenvalue weighted by atomic mass is 10.0. The fourth-order valence-electron chi connectivity index (χ4n) is 7.20. The number of aliphatic hydroxyl groups excluding tert-OH is 2. The molecular weight excluding hydrogens is 792 g/mol. The maximum atomic E-state index is 12.7. The summed E-state index contributed by atoms with van der Waals surface area (Å²) in [7, 11) is -4.62. The molecule has 0 aliphatic carbocycles. The monoisotopic (exact) mass is 887 g/mol. The van der Waals surface area contributed by atoms with Crippen molar-refractivity contribution in [3.8, 4) is 0 Å². The summed E-state index contributed by atoms with van der Waals surface area (Å²) in [6.45, 7) is 2.40. The predicted molar refractivity (Wildman–Crippen MR) is 252 cm³/mol. The van der Waals surface area contributed by atoms with Crippen molar-refractivity contribution in [3.63, 3.8) is 0 Å². The Morgan fingerprint density at radius 3 is 1.30 bits per heavy atom. The van der Waals surface area contributed by atoms with Crippen LogP contribution in [0, 0.1) is 0 Å². The van der Waals surface area contributed by atoms with Crippen molar-refractivity contribution in [2.75, 3.05) is 26.4 Å². The molecule has 0 saturated heterocycles. The first-order valence-electron chi connectivity index (χ1n) is 25.3. The highest BCUT2D eigenvalue weighted by Crippen LogP contribution is 2.43. The summed E-state index contributed by atoms with van der Waals surface area (Å²) in [5.74, 6) is -0.916. The van der Waals surface area contributed by atoms with E-state index in [0.29, 0.717) is 12.8 Å². The Balaban J connectivity index is 4.17. The molecule has 0 bridgehead atoms. The zero-order chi connectivity index (χ0) is 44.8. The van der Waals surface area contributed by atoms with Gasteiger partial charge in [-0.2, -0.15) is 0 Å². The van der Waals surface area contributed by atoms with Gasteiger partial charge in [-0.15, -0.1) is 0 Å². The largest absolute Gasteiger partial charge is 0.472 e. The van der Waals surface area contributed by atoms with Gasteiger partial charge in [0.25, 0.3) is 0 Å². The van der Waals surface area contributed by atoms with Crippen molar-refractivity contribution in [1.82, 2.24) is 0 Å². The van der Waals surface area contributed by atoms with Gasteiger partial charge >= 0.3 is 19.8 Å². The quantitative estimate of drug-likeness (QED) is 0.0233. The van der Waals surface area contributed by atoms with E-state index in [1.165, 1.54) is 154 Å². The highest BCUT2D eigenvalue weighted by molar-refractivity contribution is 7.47. The van der Waals surface area contributed by atoms with Crippen molar-refractivity contribution < 1.29 is 47.8 Å². The van der Waals surface area contributed by atoms with Crippen LogP contribution < -0.4 is 0 Å². The zero-order valence-corrected chi connectivity index (χ0v) is 40.3. The minimum atomic E-state index is -4.62. The highest BCUT2D eigenvalue weighted by atomic mass is 31.2. The van der Waals surface area contributed by atoms with Crippen LogP contribution >= 0.6 is 7.82 Å². The number of allylic oxidation sites excluding steroid dienone is 4. The Labute approximate surface area is 374 Å². The van der Waals surface area contributed by atoms with Crippen LogP contribution in [0.1, 0.15) is 245 Å². The molecule has 0 amide bonds. The third-order valence-electron chi connectivity index (χ3n) is 11.1. The van der Waals surface area contributed by atoms with E-state index in [-0.39, 0.29) is 19.4 Å². The molecule has 0 fully saturated rings. The third kappa shape index (κ3) is 46.3. The Hall–Kier alpha value is -1.55. The first kappa shape index (κ1) is 59.5. The smallest absolute Gasteiger partial charge is 0.462 e. The molecule has 11 heteroatoms. The number of esters is 2. The SMILES string of the molecule is CCCCC/C=C/C/C=C/CCCCCCCCCCCC(=O)O[C@H](COC(=O)CCCCCCCCCCCCCCCCCCCCC)COP(=O)(O)OC[C@@H](O)CO. The molecule has 0 aromatic carbocycles. The average Bonchev–Trinajstić information content (AvgIpc) is 3.25. The van der Waals surface area contributed by atoms with E-state index >= 15 is 0 Å². The molecule has 0 heterocycles. The number of aliphatic hydroxyl groups is 2. The third-order valence-corrected chi connectivity index (χ3v) is 12.1. The number of carbonyl (C=O) groups excluding carboxylic acids is 2. The number of carbonyl (C=O) groups is 2. The molecule has 0 aliphatic heterocycles. The van der Waals surface area contributed by atoms with E-state index in [1.807, 2.05) is 0 Å². The van der Waals surface area contributed by atoms with Crippen molar-refractivity contribution in [3.05, 3.63) is 24.3 Å². The van der Waals surface area contributed by atoms with Crippen molar-refractivity contribution in [1.29, 1.82) is 0 Å². The van der Waals surface area contributed by atoms with Gasteiger partial charge in [-0.05, 0) is 44.9 Å². The van der Waals surface area contributed by atoms with Crippen LogP contribution in [0.25, 0.3) is 0 Å². The summed E-state index contributed by atoms with van der Waals surface area (Å²) >= 11 is 0. The number of unbranched alkanes of at least 4 members (excludes halogenated alkanes) is 30. The summed E-state index contributed by atoms with van der Waals surface area (Å²) in [5.41, 5.74) is 0. The van der Waals surface area contributed by atoms with Crippen LogP contribution in [0.3, 0.4) is 0 Å². The summed E-state index contributed by atoms with van der Waals surface area (Å²) in [6, 6.07) is 0. The number of hydrogen-bond acceptors (Lipinski definition) is 9. The fraction of sp³-hybridized carbons (Fsp3) is 0.880. The molecule has 0 aromatic heterocycles. The van der Waals surface area contributed by atoms with Crippen molar-refractivity contribution in [2.24, 2.45) is 0 Å². The minimum absolute atomic E-state index is 0.182. The Morgan fingerprint density at radius 2 is 0.852 bits per heavy atom. The van der Waals surface area contributed by atoms with E-state index in [4.69, 9.17) is 23.6 Å². The molecule has 0 radical (unpaired) electrons. The van der Waals surface area contributed by atoms with Crippen LogP contribution in [0.15, 0.2) is 24.3 Å². The Bertz CT molecular complexity index is 1070. The number of ether oxygens (including phenoxy) is 2. The molecule has 0 rings (SSSR count). The molecule has 360 valence electrons. The maximum Gasteiger partial charge on any atom is 0.472 e. The van der Waals surface area contributed by atoms with Gasteiger partial charge in [0.1, 0.15) is 12.7 Å². The summed E-state index contributed by atoms with van der Waals surface area (Å²) in [5, 5.41) is 18.4. The van der Waals surface area contributed by atoms with E-state index in [9.17, 15) is 24.2 Å². The first-order valence-corrected chi connectivity index (χ1v) is 26.8. The zero-order valence-electron chi connectivity index (χ0n) is 39.4. The topological polar surface area (TPSA) is 149 Å². The second kappa shape index (κ2) is 46.4.